The minimum atomic E-state index is -1.39. The lowest BCUT2D eigenvalue weighted by Crippen LogP contribution is -2.59. The molecular formula is C16H28O6. The van der Waals surface area contributed by atoms with Crippen molar-refractivity contribution in [2.45, 2.75) is 63.8 Å². The Morgan fingerprint density at radius 2 is 1.95 bits per heavy atom. The van der Waals surface area contributed by atoms with Gasteiger partial charge in [-0.2, -0.15) is 0 Å². The Hall–Kier alpha value is -0.500. The van der Waals surface area contributed by atoms with Gasteiger partial charge >= 0.3 is 0 Å². The summed E-state index contributed by atoms with van der Waals surface area (Å²) in [4.78, 5) is 0. The van der Waals surface area contributed by atoms with Crippen molar-refractivity contribution in [3.63, 3.8) is 0 Å². The second-order valence-electron chi connectivity index (χ2n) is 6.65. The number of allylic oxidation sites excluding steroid dienone is 1. The molecule has 6 heteroatoms. The van der Waals surface area contributed by atoms with Crippen molar-refractivity contribution >= 4 is 0 Å². The lowest BCUT2D eigenvalue weighted by Gasteiger charge is -2.39. The Balaban J connectivity index is 1.86. The van der Waals surface area contributed by atoms with E-state index < -0.39 is 37.3 Å². The third-order valence-corrected chi connectivity index (χ3v) is 4.77. The van der Waals surface area contributed by atoms with Gasteiger partial charge in [0.05, 0.1) is 13.2 Å². The molecule has 1 aliphatic heterocycles. The van der Waals surface area contributed by atoms with E-state index in [2.05, 4.69) is 19.9 Å². The van der Waals surface area contributed by atoms with Gasteiger partial charge in [0.15, 0.2) is 6.29 Å². The number of rotatable bonds is 5. The highest BCUT2D eigenvalue weighted by molar-refractivity contribution is 5.07. The highest BCUT2D eigenvalue weighted by Crippen LogP contribution is 2.30. The molecule has 1 aliphatic carbocycles. The first-order valence-corrected chi connectivity index (χ1v) is 8.04. The molecule has 0 aromatic heterocycles. The fourth-order valence-electron chi connectivity index (χ4n) is 3.04. The van der Waals surface area contributed by atoms with E-state index in [-0.39, 0.29) is 0 Å². The van der Waals surface area contributed by atoms with E-state index >= 15 is 0 Å². The first kappa shape index (κ1) is 17.8. The van der Waals surface area contributed by atoms with E-state index in [9.17, 15) is 15.3 Å². The molecule has 6 nitrogen and oxygen atoms in total. The molecule has 1 heterocycles. The standard InChI is InChI=1S/C16H28O6/c1-9(2)11-5-3-10(4-6-11)8-21-16-15(20)14(19)13(18)12(7-17)22-16/h3,9,11-20H,4-8H2,1-2H3/t11?,12-,13-,14+,15-,16+/m1/s1. The lowest BCUT2D eigenvalue weighted by atomic mass is 9.82. The molecule has 22 heavy (non-hydrogen) atoms. The van der Waals surface area contributed by atoms with Gasteiger partial charge in [-0.25, -0.2) is 0 Å². The highest BCUT2D eigenvalue weighted by Gasteiger charge is 2.44. The highest BCUT2D eigenvalue weighted by atomic mass is 16.7. The molecule has 2 rings (SSSR count). The van der Waals surface area contributed by atoms with E-state index in [1.54, 1.807) is 0 Å². The van der Waals surface area contributed by atoms with Crippen LogP contribution in [0.15, 0.2) is 11.6 Å². The quantitative estimate of drug-likeness (QED) is 0.540. The predicted molar refractivity (Wildman–Crippen MR) is 80.0 cm³/mol. The van der Waals surface area contributed by atoms with Crippen molar-refractivity contribution < 1.29 is 29.9 Å². The average molecular weight is 316 g/mol. The first-order chi connectivity index (χ1) is 10.4. The molecule has 1 fully saturated rings. The Bertz CT molecular complexity index is 381. The van der Waals surface area contributed by atoms with Gasteiger partial charge in [-0.3, -0.25) is 0 Å². The normalized spacial score (nSPS) is 39.9. The topological polar surface area (TPSA) is 99.4 Å². The molecular weight excluding hydrogens is 288 g/mol. The molecule has 0 aromatic carbocycles. The van der Waals surface area contributed by atoms with Gasteiger partial charge in [-0.05, 0) is 36.7 Å². The summed E-state index contributed by atoms with van der Waals surface area (Å²) in [5, 5.41) is 38.5. The third kappa shape index (κ3) is 4.07. The van der Waals surface area contributed by atoms with Gasteiger partial charge in [-0.15, -0.1) is 0 Å². The zero-order valence-corrected chi connectivity index (χ0v) is 13.3. The van der Waals surface area contributed by atoms with E-state index in [1.165, 1.54) is 0 Å². The summed E-state index contributed by atoms with van der Waals surface area (Å²) >= 11 is 0. The summed E-state index contributed by atoms with van der Waals surface area (Å²) < 4.78 is 10.9. The summed E-state index contributed by atoms with van der Waals surface area (Å²) in [5.74, 6) is 1.38. The molecule has 4 N–H and O–H groups in total. The summed E-state index contributed by atoms with van der Waals surface area (Å²) in [5.41, 5.74) is 1.16. The van der Waals surface area contributed by atoms with Crippen molar-refractivity contribution in [1.82, 2.24) is 0 Å². The second kappa shape index (κ2) is 7.86. The Kier molecular flexibility index (Phi) is 6.37. The summed E-state index contributed by atoms with van der Waals surface area (Å²) in [6.07, 6.45) is -0.730. The van der Waals surface area contributed by atoms with Crippen LogP contribution >= 0.6 is 0 Å². The number of aliphatic hydroxyl groups excluding tert-OH is 4. The van der Waals surface area contributed by atoms with Crippen molar-refractivity contribution in [2.75, 3.05) is 13.2 Å². The maximum atomic E-state index is 9.90. The van der Waals surface area contributed by atoms with E-state index in [1.807, 2.05) is 0 Å². The molecule has 0 bridgehead atoms. The molecule has 0 spiro atoms. The zero-order chi connectivity index (χ0) is 16.3. The monoisotopic (exact) mass is 316 g/mol. The van der Waals surface area contributed by atoms with Crippen LogP contribution in [-0.4, -0.2) is 64.3 Å². The van der Waals surface area contributed by atoms with Gasteiger partial charge in [0.1, 0.15) is 24.4 Å². The van der Waals surface area contributed by atoms with Crippen molar-refractivity contribution in [3.8, 4) is 0 Å². The summed E-state index contributed by atoms with van der Waals surface area (Å²) in [6.45, 7) is 4.35. The molecule has 6 atom stereocenters. The van der Waals surface area contributed by atoms with Crippen LogP contribution in [0.25, 0.3) is 0 Å². The molecule has 0 aromatic rings. The summed E-state index contributed by atoms with van der Waals surface area (Å²) in [6, 6.07) is 0. The lowest BCUT2D eigenvalue weighted by molar-refractivity contribution is -0.299. The van der Waals surface area contributed by atoms with Gasteiger partial charge in [0.2, 0.25) is 0 Å². The number of aliphatic hydroxyl groups is 4. The third-order valence-electron chi connectivity index (χ3n) is 4.77. The predicted octanol–water partition coefficient (Wildman–Crippen LogP) is 0.185. The van der Waals surface area contributed by atoms with Crippen molar-refractivity contribution in [1.29, 1.82) is 0 Å². The molecule has 0 radical (unpaired) electrons. The maximum Gasteiger partial charge on any atom is 0.187 e. The first-order valence-electron chi connectivity index (χ1n) is 8.04. The second-order valence-corrected chi connectivity index (χ2v) is 6.65. The van der Waals surface area contributed by atoms with Crippen LogP contribution in [0, 0.1) is 11.8 Å². The SMILES string of the molecule is CC(C)C1CC=C(CO[C@H]2O[C@H](CO)[C@@H](O)[C@H](O)[C@H]2O)CC1. The fourth-order valence-corrected chi connectivity index (χ4v) is 3.04. The molecule has 0 saturated carbocycles. The average Bonchev–Trinajstić information content (AvgIpc) is 2.52. The smallest absolute Gasteiger partial charge is 0.187 e. The van der Waals surface area contributed by atoms with Crippen molar-refractivity contribution in [3.05, 3.63) is 11.6 Å². The Labute approximate surface area is 131 Å². The van der Waals surface area contributed by atoms with E-state index in [0.717, 1.165) is 24.8 Å². The molecule has 1 unspecified atom stereocenters. The van der Waals surface area contributed by atoms with Gasteiger partial charge in [0, 0.05) is 0 Å². The number of hydrogen-bond donors (Lipinski definition) is 4. The van der Waals surface area contributed by atoms with Crippen LogP contribution in [0.2, 0.25) is 0 Å². The molecule has 1 saturated heterocycles. The number of hydrogen-bond acceptors (Lipinski definition) is 6. The number of ether oxygens (including phenoxy) is 2. The Morgan fingerprint density at radius 3 is 2.50 bits per heavy atom. The van der Waals surface area contributed by atoms with Gasteiger partial charge in [0.25, 0.3) is 0 Å². The summed E-state index contributed by atoms with van der Waals surface area (Å²) in [7, 11) is 0. The van der Waals surface area contributed by atoms with Crippen molar-refractivity contribution in [2.24, 2.45) is 11.8 Å². The van der Waals surface area contributed by atoms with Crippen LogP contribution in [-0.2, 0) is 9.47 Å². The van der Waals surface area contributed by atoms with E-state index in [0.29, 0.717) is 18.4 Å². The van der Waals surface area contributed by atoms with Crippen LogP contribution in [0.4, 0.5) is 0 Å². The van der Waals surface area contributed by atoms with Crippen LogP contribution in [0.5, 0.6) is 0 Å². The van der Waals surface area contributed by atoms with Crippen LogP contribution in [0.3, 0.4) is 0 Å². The maximum absolute atomic E-state index is 9.90. The molecule has 2 aliphatic rings. The largest absolute Gasteiger partial charge is 0.394 e. The minimum Gasteiger partial charge on any atom is -0.394 e. The Morgan fingerprint density at radius 1 is 1.23 bits per heavy atom. The zero-order valence-electron chi connectivity index (χ0n) is 13.3. The van der Waals surface area contributed by atoms with Gasteiger partial charge < -0.3 is 29.9 Å². The van der Waals surface area contributed by atoms with E-state index in [4.69, 9.17) is 14.6 Å². The molecule has 0 amide bonds. The molecule has 128 valence electrons. The van der Waals surface area contributed by atoms with Crippen LogP contribution in [0.1, 0.15) is 33.1 Å². The minimum absolute atomic E-state index is 0.327. The van der Waals surface area contributed by atoms with Gasteiger partial charge in [-0.1, -0.05) is 19.9 Å². The van der Waals surface area contributed by atoms with Crippen LogP contribution < -0.4 is 0 Å². The fraction of sp³-hybridized carbons (Fsp3) is 0.875.